The molecule has 1 saturated heterocycles. The monoisotopic (exact) mass is 338 g/mol. The molecule has 3 heterocycles. The van der Waals surface area contributed by atoms with Crippen molar-refractivity contribution in [2.75, 3.05) is 7.11 Å². The number of nitrogens with zero attached hydrogens (tertiary/aromatic N) is 1. The number of aromatic nitrogens is 1. The maximum Gasteiger partial charge on any atom is 0.328 e. The van der Waals surface area contributed by atoms with Crippen molar-refractivity contribution in [2.24, 2.45) is 11.8 Å². The maximum atomic E-state index is 12.9. The van der Waals surface area contributed by atoms with Crippen LogP contribution >= 0.6 is 0 Å². The molecule has 5 nitrogen and oxygen atoms in total. The van der Waals surface area contributed by atoms with Gasteiger partial charge in [-0.1, -0.05) is 25.1 Å². The molecule has 0 bridgehead atoms. The maximum absolute atomic E-state index is 12.9. The Balaban J connectivity index is 1.80. The van der Waals surface area contributed by atoms with Crippen LogP contribution in [0.4, 0.5) is 0 Å². The molecule has 1 saturated carbocycles. The molecular formula is C20H22N2O3. The van der Waals surface area contributed by atoms with Gasteiger partial charge in [0.1, 0.15) is 6.04 Å². The molecule has 2 fully saturated rings. The highest BCUT2D eigenvalue weighted by atomic mass is 16.5. The molecule has 130 valence electrons. The summed E-state index contributed by atoms with van der Waals surface area (Å²) in [5.41, 5.74) is 3.07. The molecule has 5 rings (SSSR count). The lowest BCUT2D eigenvalue weighted by atomic mass is 9.77. The zero-order chi connectivity index (χ0) is 17.3. The lowest BCUT2D eigenvalue weighted by Gasteiger charge is -2.46. The van der Waals surface area contributed by atoms with Gasteiger partial charge in [-0.15, -0.1) is 0 Å². The highest BCUT2D eigenvalue weighted by molar-refractivity contribution is 5.92. The van der Waals surface area contributed by atoms with Crippen molar-refractivity contribution < 1.29 is 14.3 Å². The number of amides is 1. The molecule has 1 amide bonds. The summed E-state index contributed by atoms with van der Waals surface area (Å²) >= 11 is 0. The Morgan fingerprint density at radius 3 is 2.92 bits per heavy atom. The summed E-state index contributed by atoms with van der Waals surface area (Å²) in [5.74, 6) is 0.603. The standard InChI is InChI=1S/C20H22N2O3/c1-11-7-12-8-17(23)22-16(19(24)25-2)9-14-13-5-3-4-6-15(13)21-18(14)20(12,22)10-11/h3-6,11-12,16,21H,7-10H2,1-2H3. The van der Waals surface area contributed by atoms with Gasteiger partial charge in [0.15, 0.2) is 0 Å². The van der Waals surface area contributed by atoms with Crippen molar-refractivity contribution in [1.82, 2.24) is 9.88 Å². The third kappa shape index (κ3) is 1.73. The Hall–Kier alpha value is -2.30. The number of aromatic amines is 1. The number of benzene rings is 1. The summed E-state index contributed by atoms with van der Waals surface area (Å²) in [4.78, 5) is 30.9. The number of nitrogens with one attached hydrogen (secondary N) is 1. The Morgan fingerprint density at radius 2 is 2.12 bits per heavy atom. The Morgan fingerprint density at radius 1 is 1.32 bits per heavy atom. The summed E-state index contributed by atoms with van der Waals surface area (Å²) < 4.78 is 5.08. The second kappa shape index (κ2) is 4.87. The predicted molar refractivity (Wildman–Crippen MR) is 92.8 cm³/mol. The first-order chi connectivity index (χ1) is 12.1. The van der Waals surface area contributed by atoms with Gasteiger partial charge in [-0.2, -0.15) is 0 Å². The molecule has 1 aliphatic carbocycles. The van der Waals surface area contributed by atoms with Crippen LogP contribution < -0.4 is 0 Å². The second-order valence-corrected chi connectivity index (χ2v) is 7.90. The van der Waals surface area contributed by atoms with Gasteiger partial charge < -0.3 is 14.6 Å². The molecule has 2 aliphatic heterocycles. The van der Waals surface area contributed by atoms with E-state index >= 15 is 0 Å². The minimum absolute atomic E-state index is 0.0941. The molecule has 0 radical (unpaired) electrons. The Kier molecular flexibility index (Phi) is 2.92. The molecule has 3 aliphatic rings. The number of esters is 1. The number of ether oxygens (including phenoxy) is 1. The van der Waals surface area contributed by atoms with Gasteiger partial charge in [0.2, 0.25) is 5.91 Å². The zero-order valence-electron chi connectivity index (χ0n) is 14.5. The normalized spacial score (nSPS) is 33.3. The first-order valence-electron chi connectivity index (χ1n) is 9.06. The second-order valence-electron chi connectivity index (χ2n) is 7.90. The number of carbonyl (C=O) groups excluding carboxylic acids is 2. The number of fused-ring (bicyclic) bond motifs is 3. The van der Waals surface area contributed by atoms with Crippen LogP contribution in [0.5, 0.6) is 0 Å². The van der Waals surface area contributed by atoms with E-state index in [1.165, 1.54) is 12.7 Å². The van der Waals surface area contributed by atoms with Crippen molar-refractivity contribution in [2.45, 2.75) is 44.2 Å². The fourth-order valence-corrected chi connectivity index (χ4v) is 5.81. The van der Waals surface area contributed by atoms with Crippen LogP contribution in [0.1, 0.15) is 37.4 Å². The van der Waals surface area contributed by atoms with Crippen LogP contribution in [-0.4, -0.2) is 34.9 Å². The SMILES string of the molecule is COC(=O)C1Cc2c([nH]c3ccccc23)C23CC(C)CC2CC(=O)N13. The van der Waals surface area contributed by atoms with Crippen LogP contribution in [-0.2, 0) is 26.3 Å². The van der Waals surface area contributed by atoms with Gasteiger partial charge in [-0.3, -0.25) is 4.79 Å². The summed E-state index contributed by atoms with van der Waals surface area (Å²) in [7, 11) is 1.41. The van der Waals surface area contributed by atoms with Gasteiger partial charge in [0.25, 0.3) is 0 Å². The van der Waals surface area contributed by atoms with E-state index in [-0.39, 0.29) is 23.3 Å². The van der Waals surface area contributed by atoms with Crippen molar-refractivity contribution >= 4 is 22.8 Å². The van der Waals surface area contributed by atoms with Crippen molar-refractivity contribution in [1.29, 1.82) is 0 Å². The topological polar surface area (TPSA) is 62.4 Å². The summed E-state index contributed by atoms with van der Waals surface area (Å²) in [5, 5.41) is 1.16. The number of H-pyrrole nitrogens is 1. The third-order valence-corrected chi connectivity index (χ3v) is 6.57. The molecule has 5 heteroatoms. The van der Waals surface area contributed by atoms with E-state index in [0.717, 1.165) is 29.4 Å². The number of methoxy groups -OCH3 is 1. The number of carbonyl (C=O) groups is 2. The first kappa shape index (κ1) is 15.0. The number of para-hydroxylation sites is 1. The molecule has 2 aromatic rings. The number of hydrogen-bond acceptors (Lipinski definition) is 3. The average Bonchev–Trinajstić information content (AvgIpc) is 3.20. The minimum Gasteiger partial charge on any atom is -0.467 e. The first-order valence-corrected chi connectivity index (χ1v) is 9.06. The highest BCUT2D eigenvalue weighted by Crippen LogP contribution is 2.60. The van der Waals surface area contributed by atoms with E-state index in [4.69, 9.17) is 4.74 Å². The lowest BCUT2D eigenvalue weighted by molar-refractivity contribution is -0.157. The number of hydrogen-bond donors (Lipinski definition) is 1. The van der Waals surface area contributed by atoms with E-state index in [1.807, 2.05) is 17.0 Å². The fraction of sp³-hybridized carbons (Fsp3) is 0.500. The highest BCUT2D eigenvalue weighted by Gasteiger charge is 2.64. The van der Waals surface area contributed by atoms with Gasteiger partial charge in [0.05, 0.1) is 12.6 Å². The summed E-state index contributed by atoms with van der Waals surface area (Å²) in [6.45, 7) is 2.25. The van der Waals surface area contributed by atoms with Crippen LogP contribution in [0.2, 0.25) is 0 Å². The summed E-state index contributed by atoms with van der Waals surface area (Å²) in [6, 6.07) is 7.72. The minimum atomic E-state index is -0.514. The van der Waals surface area contributed by atoms with Crippen molar-refractivity contribution in [3.63, 3.8) is 0 Å². The van der Waals surface area contributed by atoms with E-state index in [0.29, 0.717) is 18.8 Å². The molecular weight excluding hydrogens is 316 g/mol. The van der Waals surface area contributed by atoms with Crippen LogP contribution in [0, 0.1) is 11.8 Å². The van der Waals surface area contributed by atoms with E-state index in [2.05, 4.69) is 24.0 Å². The third-order valence-electron chi connectivity index (χ3n) is 6.57. The smallest absolute Gasteiger partial charge is 0.328 e. The molecule has 1 aromatic heterocycles. The van der Waals surface area contributed by atoms with Crippen molar-refractivity contribution in [3.05, 3.63) is 35.5 Å². The molecule has 1 spiro atoms. The van der Waals surface area contributed by atoms with Gasteiger partial charge in [-0.05, 0) is 36.3 Å². The van der Waals surface area contributed by atoms with E-state index in [9.17, 15) is 9.59 Å². The van der Waals surface area contributed by atoms with Gasteiger partial charge >= 0.3 is 5.97 Å². The molecule has 4 unspecified atom stereocenters. The average molecular weight is 338 g/mol. The molecule has 25 heavy (non-hydrogen) atoms. The predicted octanol–water partition coefficient (Wildman–Crippen LogP) is 2.74. The largest absolute Gasteiger partial charge is 0.467 e. The lowest BCUT2D eigenvalue weighted by Crippen LogP contribution is -2.57. The Labute approximate surface area is 146 Å². The van der Waals surface area contributed by atoms with E-state index in [1.54, 1.807) is 0 Å². The van der Waals surface area contributed by atoms with Crippen molar-refractivity contribution in [3.8, 4) is 0 Å². The molecule has 1 aromatic carbocycles. The summed E-state index contributed by atoms with van der Waals surface area (Å²) in [6.07, 6.45) is 3.01. The molecule has 1 N–H and O–H groups in total. The van der Waals surface area contributed by atoms with Crippen LogP contribution in [0.3, 0.4) is 0 Å². The van der Waals surface area contributed by atoms with E-state index < -0.39 is 6.04 Å². The number of rotatable bonds is 1. The quantitative estimate of drug-likeness (QED) is 0.813. The molecule has 4 atom stereocenters. The van der Waals surface area contributed by atoms with Crippen LogP contribution in [0.15, 0.2) is 24.3 Å². The van der Waals surface area contributed by atoms with Crippen LogP contribution in [0.25, 0.3) is 10.9 Å². The van der Waals surface area contributed by atoms with Gasteiger partial charge in [-0.25, -0.2) is 4.79 Å². The fourth-order valence-electron chi connectivity index (χ4n) is 5.81. The van der Waals surface area contributed by atoms with Gasteiger partial charge in [0, 0.05) is 29.4 Å². The Bertz CT molecular complexity index is 901. The zero-order valence-corrected chi connectivity index (χ0v) is 14.5.